The standard InChI is InChI=1S/C11H18O2/c12-10(13)4-8-11-5-1-9(2-6-11)3-7-11/h9H,1-8H2,(H,12,13). The van der Waals surface area contributed by atoms with E-state index in [1.54, 1.807) is 0 Å². The smallest absolute Gasteiger partial charge is 0.303 e. The Bertz CT molecular complexity index is 188. The summed E-state index contributed by atoms with van der Waals surface area (Å²) < 4.78 is 0. The predicted octanol–water partition coefficient (Wildman–Crippen LogP) is 2.82. The summed E-state index contributed by atoms with van der Waals surface area (Å²) in [5.74, 6) is 0.355. The van der Waals surface area contributed by atoms with E-state index in [0.717, 1.165) is 12.3 Å². The van der Waals surface area contributed by atoms with Crippen molar-refractivity contribution in [2.45, 2.75) is 51.4 Å². The quantitative estimate of drug-likeness (QED) is 0.728. The molecule has 3 aliphatic rings. The van der Waals surface area contributed by atoms with Crippen LogP contribution in [-0.2, 0) is 4.79 Å². The third-order valence-corrected chi connectivity index (χ3v) is 4.12. The fourth-order valence-corrected chi connectivity index (χ4v) is 3.09. The molecule has 0 atom stereocenters. The van der Waals surface area contributed by atoms with Crippen molar-refractivity contribution in [1.82, 2.24) is 0 Å². The zero-order valence-corrected chi connectivity index (χ0v) is 8.09. The van der Waals surface area contributed by atoms with Crippen LogP contribution in [0.5, 0.6) is 0 Å². The van der Waals surface area contributed by atoms with Gasteiger partial charge in [0.25, 0.3) is 0 Å². The van der Waals surface area contributed by atoms with E-state index in [1.165, 1.54) is 38.5 Å². The topological polar surface area (TPSA) is 37.3 Å². The second-order valence-corrected chi connectivity index (χ2v) is 4.88. The van der Waals surface area contributed by atoms with E-state index in [1.807, 2.05) is 0 Å². The molecular formula is C11H18O2. The van der Waals surface area contributed by atoms with Crippen LogP contribution in [0.1, 0.15) is 51.4 Å². The number of hydrogen-bond donors (Lipinski definition) is 1. The molecule has 2 nitrogen and oxygen atoms in total. The van der Waals surface area contributed by atoms with E-state index < -0.39 is 5.97 Å². The van der Waals surface area contributed by atoms with Gasteiger partial charge in [0, 0.05) is 6.42 Å². The molecule has 3 fully saturated rings. The molecule has 0 saturated heterocycles. The molecule has 0 spiro atoms. The molecule has 0 amide bonds. The summed E-state index contributed by atoms with van der Waals surface area (Å²) in [4.78, 5) is 10.5. The number of rotatable bonds is 3. The number of aliphatic carboxylic acids is 1. The Labute approximate surface area is 79.3 Å². The van der Waals surface area contributed by atoms with Gasteiger partial charge in [0.05, 0.1) is 0 Å². The van der Waals surface area contributed by atoms with Crippen LogP contribution in [-0.4, -0.2) is 11.1 Å². The molecule has 1 N–H and O–H groups in total. The summed E-state index contributed by atoms with van der Waals surface area (Å²) in [5, 5.41) is 8.67. The highest BCUT2D eigenvalue weighted by Gasteiger charge is 2.39. The number of fused-ring (bicyclic) bond motifs is 3. The van der Waals surface area contributed by atoms with Crippen LogP contribution in [0.15, 0.2) is 0 Å². The maximum atomic E-state index is 10.5. The van der Waals surface area contributed by atoms with Crippen molar-refractivity contribution >= 4 is 5.97 Å². The van der Waals surface area contributed by atoms with Crippen LogP contribution >= 0.6 is 0 Å². The molecule has 2 bridgehead atoms. The van der Waals surface area contributed by atoms with Gasteiger partial charge in [-0.1, -0.05) is 0 Å². The summed E-state index contributed by atoms with van der Waals surface area (Å²) in [6.07, 6.45) is 9.28. The van der Waals surface area contributed by atoms with Crippen LogP contribution in [0.4, 0.5) is 0 Å². The van der Waals surface area contributed by atoms with E-state index in [9.17, 15) is 4.79 Å². The van der Waals surface area contributed by atoms with Crippen molar-refractivity contribution < 1.29 is 9.90 Å². The third kappa shape index (κ3) is 1.87. The van der Waals surface area contributed by atoms with Gasteiger partial charge in [-0.2, -0.15) is 0 Å². The molecule has 0 unspecified atom stereocenters. The minimum atomic E-state index is -0.623. The molecule has 3 saturated carbocycles. The lowest BCUT2D eigenvalue weighted by molar-refractivity contribution is -0.138. The third-order valence-electron chi connectivity index (χ3n) is 4.12. The highest BCUT2D eigenvalue weighted by atomic mass is 16.4. The zero-order valence-electron chi connectivity index (χ0n) is 8.09. The van der Waals surface area contributed by atoms with E-state index in [0.29, 0.717) is 11.8 Å². The molecule has 0 aliphatic heterocycles. The highest BCUT2D eigenvalue weighted by Crippen LogP contribution is 2.52. The maximum absolute atomic E-state index is 10.5. The first kappa shape index (κ1) is 9.04. The van der Waals surface area contributed by atoms with Gasteiger partial charge in [-0.3, -0.25) is 4.79 Å². The molecule has 0 aromatic carbocycles. The van der Waals surface area contributed by atoms with Gasteiger partial charge >= 0.3 is 5.97 Å². The summed E-state index contributed by atoms with van der Waals surface area (Å²) in [6, 6.07) is 0. The second kappa shape index (κ2) is 3.32. The molecule has 0 radical (unpaired) electrons. The Morgan fingerprint density at radius 1 is 1.23 bits per heavy atom. The van der Waals surface area contributed by atoms with Gasteiger partial charge in [-0.05, 0) is 56.3 Å². The van der Waals surface area contributed by atoms with Crippen LogP contribution in [0.2, 0.25) is 0 Å². The zero-order chi connectivity index (χ0) is 9.31. The first-order valence-electron chi connectivity index (χ1n) is 5.42. The van der Waals surface area contributed by atoms with E-state index in [-0.39, 0.29) is 0 Å². The van der Waals surface area contributed by atoms with Crippen molar-refractivity contribution in [2.75, 3.05) is 0 Å². The molecule has 0 aromatic rings. The van der Waals surface area contributed by atoms with Crippen LogP contribution in [0.3, 0.4) is 0 Å². The molecule has 2 heteroatoms. The summed E-state index contributed by atoms with van der Waals surface area (Å²) in [6.45, 7) is 0. The minimum Gasteiger partial charge on any atom is -0.481 e. The monoisotopic (exact) mass is 182 g/mol. The van der Waals surface area contributed by atoms with Crippen LogP contribution in [0, 0.1) is 11.3 Å². The predicted molar refractivity (Wildman–Crippen MR) is 50.5 cm³/mol. The Kier molecular flexibility index (Phi) is 2.31. The Balaban J connectivity index is 1.91. The fraction of sp³-hybridized carbons (Fsp3) is 0.909. The summed E-state index contributed by atoms with van der Waals surface area (Å²) >= 11 is 0. The molecular weight excluding hydrogens is 164 g/mol. The molecule has 0 aromatic heterocycles. The molecule has 0 heterocycles. The Morgan fingerprint density at radius 3 is 2.23 bits per heavy atom. The Morgan fingerprint density at radius 2 is 1.77 bits per heavy atom. The van der Waals surface area contributed by atoms with Crippen molar-refractivity contribution in [2.24, 2.45) is 11.3 Å². The van der Waals surface area contributed by atoms with Crippen molar-refractivity contribution in [3.63, 3.8) is 0 Å². The van der Waals surface area contributed by atoms with Crippen molar-refractivity contribution in [3.05, 3.63) is 0 Å². The summed E-state index contributed by atoms with van der Waals surface area (Å²) in [7, 11) is 0. The average Bonchev–Trinajstić information content (AvgIpc) is 2.18. The number of hydrogen-bond acceptors (Lipinski definition) is 1. The van der Waals surface area contributed by atoms with Gasteiger partial charge in [0.15, 0.2) is 0 Å². The SMILES string of the molecule is O=C(O)CCC12CCC(CC1)CC2. The molecule has 74 valence electrons. The molecule has 3 aliphatic carbocycles. The highest BCUT2D eigenvalue weighted by molar-refractivity contribution is 5.66. The number of carbonyl (C=O) groups is 1. The first-order chi connectivity index (χ1) is 6.20. The Hall–Kier alpha value is -0.530. The van der Waals surface area contributed by atoms with Crippen molar-refractivity contribution in [3.8, 4) is 0 Å². The first-order valence-corrected chi connectivity index (χ1v) is 5.42. The van der Waals surface area contributed by atoms with Crippen LogP contribution < -0.4 is 0 Å². The lowest BCUT2D eigenvalue weighted by atomic mass is 9.59. The van der Waals surface area contributed by atoms with E-state index >= 15 is 0 Å². The molecule has 13 heavy (non-hydrogen) atoms. The van der Waals surface area contributed by atoms with Gasteiger partial charge < -0.3 is 5.11 Å². The lowest BCUT2D eigenvalue weighted by Gasteiger charge is -2.46. The van der Waals surface area contributed by atoms with E-state index in [4.69, 9.17) is 5.11 Å². The largest absolute Gasteiger partial charge is 0.481 e. The number of carboxylic acid groups (broad SMARTS) is 1. The minimum absolute atomic E-state index is 0.380. The average molecular weight is 182 g/mol. The van der Waals surface area contributed by atoms with Gasteiger partial charge in [-0.25, -0.2) is 0 Å². The molecule has 3 rings (SSSR count). The second-order valence-electron chi connectivity index (χ2n) is 4.88. The lowest BCUT2D eigenvalue weighted by Crippen LogP contribution is -2.34. The van der Waals surface area contributed by atoms with Crippen molar-refractivity contribution in [1.29, 1.82) is 0 Å². The van der Waals surface area contributed by atoms with Gasteiger partial charge in [0.2, 0.25) is 0 Å². The van der Waals surface area contributed by atoms with Crippen LogP contribution in [0.25, 0.3) is 0 Å². The van der Waals surface area contributed by atoms with Gasteiger partial charge in [-0.15, -0.1) is 0 Å². The van der Waals surface area contributed by atoms with Gasteiger partial charge in [0.1, 0.15) is 0 Å². The summed E-state index contributed by atoms with van der Waals surface area (Å²) in [5.41, 5.74) is 0.438. The number of carboxylic acids is 1. The maximum Gasteiger partial charge on any atom is 0.303 e. The fourth-order valence-electron chi connectivity index (χ4n) is 3.09. The normalized spacial score (nSPS) is 37.7. The van der Waals surface area contributed by atoms with E-state index in [2.05, 4.69) is 0 Å².